The molecule has 0 aliphatic carbocycles. The van der Waals surface area contributed by atoms with Crippen molar-refractivity contribution >= 4 is 51.2 Å². The molecule has 1 aromatic heterocycles. The summed E-state index contributed by atoms with van der Waals surface area (Å²) in [5.41, 5.74) is 4.54. The van der Waals surface area contributed by atoms with Gasteiger partial charge in [0.25, 0.3) is 11.5 Å². The third-order valence-electron chi connectivity index (χ3n) is 5.83. The normalized spacial score (nSPS) is 18.3. The van der Waals surface area contributed by atoms with E-state index in [2.05, 4.69) is 4.90 Å². The number of thioether (sulfide) groups is 1. The summed E-state index contributed by atoms with van der Waals surface area (Å²) in [6, 6.07) is 17.4. The first-order valence-corrected chi connectivity index (χ1v) is 11.1. The van der Waals surface area contributed by atoms with Crippen LogP contribution in [0.15, 0.2) is 64.3 Å². The van der Waals surface area contributed by atoms with Gasteiger partial charge in [-0.1, -0.05) is 60.4 Å². The van der Waals surface area contributed by atoms with Crippen molar-refractivity contribution in [2.75, 3.05) is 23.4 Å². The molecule has 3 heterocycles. The van der Waals surface area contributed by atoms with Crippen LogP contribution in [0.4, 0.5) is 11.4 Å². The molecule has 0 radical (unpaired) electrons. The van der Waals surface area contributed by atoms with Crippen molar-refractivity contribution in [2.45, 2.75) is 6.92 Å². The lowest BCUT2D eigenvalue weighted by Gasteiger charge is -2.13. The Labute approximate surface area is 189 Å². The number of para-hydroxylation sites is 2. The quantitative estimate of drug-likeness (QED) is 0.442. The van der Waals surface area contributed by atoms with Crippen LogP contribution in [0.3, 0.4) is 0 Å². The zero-order valence-electron chi connectivity index (χ0n) is 17.3. The zero-order chi connectivity index (χ0) is 21.9. The molecule has 0 bridgehead atoms. The fraction of sp³-hybridized carbons (Fsp3) is 0.174. The lowest BCUT2D eigenvalue weighted by Crippen LogP contribution is -2.33. The Morgan fingerprint density at radius 3 is 2.39 bits per heavy atom. The van der Waals surface area contributed by atoms with Crippen LogP contribution in [0.5, 0.6) is 0 Å². The van der Waals surface area contributed by atoms with Crippen molar-refractivity contribution in [3.63, 3.8) is 0 Å². The minimum absolute atomic E-state index is 0.235. The smallest absolute Gasteiger partial charge is 0.296 e. The molecule has 0 spiro atoms. The van der Waals surface area contributed by atoms with Crippen LogP contribution in [0, 0.1) is 6.92 Å². The number of carbonyl (C=O) groups is 1. The molecular weight excluding hydrogens is 428 g/mol. The van der Waals surface area contributed by atoms with E-state index in [4.69, 9.17) is 12.2 Å². The summed E-state index contributed by atoms with van der Waals surface area (Å²) in [5.74, 6) is -0.235. The summed E-state index contributed by atoms with van der Waals surface area (Å²) in [6.07, 6.45) is 0. The fourth-order valence-electron chi connectivity index (χ4n) is 4.22. The Morgan fingerprint density at radius 1 is 0.968 bits per heavy atom. The van der Waals surface area contributed by atoms with Crippen LogP contribution in [-0.2, 0) is 11.8 Å². The molecule has 2 aliphatic heterocycles. The fourth-order valence-corrected chi connectivity index (χ4v) is 5.56. The topological polar surface area (TPSA) is 50.5 Å². The van der Waals surface area contributed by atoms with E-state index in [1.54, 1.807) is 9.36 Å². The van der Waals surface area contributed by atoms with E-state index in [9.17, 15) is 9.59 Å². The number of benzene rings is 2. The number of anilines is 2. The van der Waals surface area contributed by atoms with Crippen LogP contribution >= 0.6 is 24.0 Å². The van der Waals surface area contributed by atoms with E-state index >= 15 is 0 Å². The first-order valence-electron chi connectivity index (χ1n) is 9.84. The van der Waals surface area contributed by atoms with Gasteiger partial charge in [0.2, 0.25) is 0 Å². The molecule has 2 aromatic carbocycles. The van der Waals surface area contributed by atoms with Gasteiger partial charge in [0, 0.05) is 37.5 Å². The van der Waals surface area contributed by atoms with Gasteiger partial charge in [0.15, 0.2) is 4.32 Å². The van der Waals surface area contributed by atoms with Gasteiger partial charge in [0.1, 0.15) is 5.69 Å². The minimum atomic E-state index is -0.266. The largest absolute Gasteiger partial charge is 0.370 e. The Morgan fingerprint density at radius 2 is 1.65 bits per heavy atom. The monoisotopic (exact) mass is 448 g/mol. The van der Waals surface area contributed by atoms with Gasteiger partial charge < -0.3 is 4.90 Å². The average molecular weight is 449 g/mol. The van der Waals surface area contributed by atoms with Gasteiger partial charge in [-0.2, -0.15) is 0 Å². The molecule has 31 heavy (non-hydrogen) atoms. The summed E-state index contributed by atoms with van der Waals surface area (Å²) in [5, 5.41) is 0. The van der Waals surface area contributed by atoms with Gasteiger partial charge in [-0.05, 0) is 25.1 Å². The second-order valence-electron chi connectivity index (χ2n) is 7.60. The van der Waals surface area contributed by atoms with Gasteiger partial charge in [0.05, 0.1) is 16.3 Å². The lowest BCUT2D eigenvalue weighted by molar-refractivity contribution is -0.113. The summed E-state index contributed by atoms with van der Waals surface area (Å²) in [6.45, 7) is 2.46. The SMILES string of the molecule is Cc1c(N2C(=O)C(=C3CN(C)c4ccccc43)SC2=S)c(=O)n(-c2ccccc2)n1C. The number of hydrogen-bond donors (Lipinski definition) is 0. The third kappa shape index (κ3) is 2.90. The van der Waals surface area contributed by atoms with Crippen LogP contribution in [0.25, 0.3) is 11.3 Å². The number of rotatable bonds is 2. The molecule has 0 unspecified atom stereocenters. The standard InChI is InChI=1S/C23H20N4O2S2/c1-14-19(21(28)27(25(14)3)15-9-5-4-6-10-15)26-22(29)20(31-23(26)30)17-13-24(2)18-12-8-7-11-16(17)18/h4-12H,13H2,1-3H3. The predicted molar refractivity (Wildman–Crippen MR) is 130 cm³/mol. The molecule has 6 nitrogen and oxygen atoms in total. The Bertz CT molecular complexity index is 1340. The van der Waals surface area contributed by atoms with E-state index in [1.807, 2.05) is 75.6 Å². The second kappa shape index (κ2) is 7.25. The van der Waals surface area contributed by atoms with Crippen molar-refractivity contribution in [3.8, 4) is 5.69 Å². The van der Waals surface area contributed by atoms with Crippen LogP contribution < -0.4 is 15.4 Å². The first kappa shape index (κ1) is 19.8. The van der Waals surface area contributed by atoms with E-state index in [0.29, 0.717) is 27.2 Å². The Kier molecular flexibility index (Phi) is 4.64. The number of nitrogens with zero attached hydrogens (tertiary/aromatic N) is 4. The molecular formula is C23H20N4O2S2. The van der Waals surface area contributed by atoms with E-state index in [1.165, 1.54) is 16.7 Å². The molecule has 3 aromatic rings. The maximum absolute atomic E-state index is 13.6. The second-order valence-corrected chi connectivity index (χ2v) is 9.24. The Balaban J connectivity index is 1.64. The van der Waals surface area contributed by atoms with Crippen molar-refractivity contribution in [2.24, 2.45) is 7.05 Å². The van der Waals surface area contributed by atoms with Crippen molar-refractivity contribution in [3.05, 3.63) is 81.1 Å². The number of hydrogen-bond acceptors (Lipinski definition) is 5. The minimum Gasteiger partial charge on any atom is -0.370 e. The maximum Gasteiger partial charge on any atom is 0.296 e. The highest BCUT2D eigenvalue weighted by Crippen LogP contribution is 2.44. The summed E-state index contributed by atoms with van der Waals surface area (Å²) >= 11 is 6.86. The van der Waals surface area contributed by atoms with Crippen LogP contribution in [0.2, 0.25) is 0 Å². The molecule has 0 saturated carbocycles. The highest BCUT2D eigenvalue weighted by Gasteiger charge is 2.40. The summed E-state index contributed by atoms with van der Waals surface area (Å²) < 4.78 is 3.71. The van der Waals surface area contributed by atoms with E-state index < -0.39 is 0 Å². The van der Waals surface area contributed by atoms with Gasteiger partial charge in [-0.15, -0.1) is 0 Å². The van der Waals surface area contributed by atoms with Gasteiger partial charge >= 0.3 is 0 Å². The molecule has 2 aliphatic rings. The van der Waals surface area contributed by atoms with Crippen molar-refractivity contribution in [1.29, 1.82) is 0 Å². The number of aromatic nitrogens is 2. The molecule has 5 rings (SSSR count). The maximum atomic E-state index is 13.6. The number of likely N-dealkylation sites (N-methyl/N-ethyl adjacent to an activating group) is 1. The Hall–Kier alpha value is -3.10. The molecule has 0 N–H and O–H groups in total. The third-order valence-corrected chi connectivity index (χ3v) is 7.24. The highest BCUT2D eigenvalue weighted by atomic mass is 32.2. The van der Waals surface area contributed by atoms with E-state index in [-0.39, 0.29) is 11.5 Å². The summed E-state index contributed by atoms with van der Waals surface area (Å²) in [4.78, 5) is 31.1. The average Bonchev–Trinajstić information content (AvgIpc) is 3.33. The number of carbonyl (C=O) groups excluding carboxylic acids is 1. The molecule has 156 valence electrons. The van der Waals surface area contributed by atoms with Gasteiger partial charge in [-0.3, -0.25) is 19.2 Å². The van der Waals surface area contributed by atoms with Gasteiger partial charge in [-0.25, -0.2) is 4.68 Å². The van der Waals surface area contributed by atoms with E-state index in [0.717, 1.165) is 22.5 Å². The van der Waals surface area contributed by atoms with Crippen LogP contribution in [0.1, 0.15) is 11.3 Å². The molecule has 8 heteroatoms. The molecule has 1 fully saturated rings. The molecule has 1 amide bonds. The zero-order valence-corrected chi connectivity index (χ0v) is 19.0. The highest BCUT2D eigenvalue weighted by molar-refractivity contribution is 8.27. The van der Waals surface area contributed by atoms with Crippen molar-refractivity contribution < 1.29 is 4.79 Å². The van der Waals surface area contributed by atoms with Crippen molar-refractivity contribution in [1.82, 2.24) is 9.36 Å². The summed E-state index contributed by atoms with van der Waals surface area (Å²) in [7, 11) is 3.82. The molecule has 0 atom stereocenters. The molecule has 1 saturated heterocycles. The number of fused-ring (bicyclic) bond motifs is 1. The lowest BCUT2D eigenvalue weighted by atomic mass is 10.1. The first-order chi connectivity index (χ1) is 14.9. The predicted octanol–water partition coefficient (Wildman–Crippen LogP) is 3.71. The number of thiocarbonyl (C=S) groups is 1. The number of amides is 1. The van der Waals surface area contributed by atoms with Crippen LogP contribution in [-0.4, -0.2) is 33.2 Å².